The summed E-state index contributed by atoms with van der Waals surface area (Å²) in [5, 5.41) is 12.6. The largest absolute Gasteiger partial charge is 0.481 e. The first-order chi connectivity index (χ1) is 13.6. The topological polar surface area (TPSA) is 82.5 Å². The van der Waals surface area contributed by atoms with Gasteiger partial charge in [-0.15, -0.1) is 0 Å². The molecule has 0 unspecified atom stereocenters. The number of hydrogen-bond donors (Lipinski definition) is 2. The van der Waals surface area contributed by atoms with Crippen LogP contribution in [-0.4, -0.2) is 40.1 Å². The fourth-order valence-electron chi connectivity index (χ4n) is 4.24. The third-order valence-electron chi connectivity index (χ3n) is 5.70. The van der Waals surface area contributed by atoms with Gasteiger partial charge in [0.05, 0.1) is 5.41 Å². The van der Waals surface area contributed by atoms with E-state index in [-0.39, 0.29) is 18.5 Å². The lowest BCUT2D eigenvalue weighted by molar-refractivity contribution is -0.149. The number of rotatable bonds is 2. The van der Waals surface area contributed by atoms with Crippen LogP contribution in [0.4, 0.5) is 10.5 Å². The molecule has 142 valence electrons. The Morgan fingerprint density at radius 1 is 1.21 bits per heavy atom. The van der Waals surface area contributed by atoms with Gasteiger partial charge in [0.2, 0.25) is 0 Å². The highest BCUT2D eigenvalue weighted by Crippen LogP contribution is 2.48. The van der Waals surface area contributed by atoms with Crippen molar-refractivity contribution in [2.45, 2.75) is 19.3 Å². The van der Waals surface area contributed by atoms with Crippen molar-refractivity contribution in [1.82, 2.24) is 9.88 Å². The van der Waals surface area contributed by atoms with Crippen LogP contribution in [0, 0.1) is 23.2 Å². The predicted octanol–water partition coefficient (Wildman–Crippen LogP) is 3.20. The number of fused-ring (bicyclic) bond motifs is 1. The van der Waals surface area contributed by atoms with E-state index in [1.165, 1.54) is 0 Å². The number of aromatic nitrogens is 1. The fourth-order valence-corrected chi connectivity index (χ4v) is 4.24. The molecule has 28 heavy (non-hydrogen) atoms. The minimum absolute atomic E-state index is 0.0475. The summed E-state index contributed by atoms with van der Waals surface area (Å²) < 4.78 is 0. The number of nitrogens with one attached hydrogen (secondary N) is 1. The van der Waals surface area contributed by atoms with E-state index < -0.39 is 11.4 Å². The lowest BCUT2D eigenvalue weighted by Gasteiger charge is -2.23. The van der Waals surface area contributed by atoms with E-state index in [4.69, 9.17) is 0 Å². The molecule has 2 aliphatic rings. The van der Waals surface area contributed by atoms with Crippen molar-refractivity contribution in [3.63, 3.8) is 0 Å². The molecule has 2 atom stereocenters. The first-order valence-electron chi connectivity index (χ1n) is 9.39. The molecule has 1 saturated heterocycles. The quantitative estimate of drug-likeness (QED) is 0.790. The Kier molecular flexibility index (Phi) is 4.74. The zero-order chi connectivity index (χ0) is 19.6. The van der Waals surface area contributed by atoms with Gasteiger partial charge < -0.3 is 15.3 Å². The number of aliphatic carboxylic acids is 1. The summed E-state index contributed by atoms with van der Waals surface area (Å²) in [4.78, 5) is 30.3. The van der Waals surface area contributed by atoms with E-state index in [1.807, 2.05) is 30.3 Å². The Balaban J connectivity index is 1.45. The molecular formula is C22H21N3O3. The smallest absolute Gasteiger partial charge is 0.321 e. The monoisotopic (exact) mass is 375 g/mol. The lowest BCUT2D eigenvalue weighted by atomic mass is 9.81. The number of carbonyl (C=O) groups excluding carboxylic acids is 1. The van der Waals surface area contributed by atoms with Crippen molar-refractivity contribution in [3.8, 4) is 11.8 Å². The zero-order valence-corrected chi connectivity index (χ0v) is 15.4. The number of nitrogens with zero attached hydrogens (tertiary/aromatic N) is 2. The molecule has 2 fully saturated rings. The molecule has 2 N–H and O–H groups in total. The third kappa shape index (κ3) is 3.44. The van der Waals surface area contributed by atoms with Crippen LogP contribution in [0.15, 0.2) is 48.7 Å². The molecule has 6 heteroatoms. The van der Waals surface area contributed by atoms with E-state index in [0.717, 1.165) is 18.4 Å². The Morgan fingerprint density at radius 3 is 2.86 bits per heavy atom. The van der Waals surface area contributed by atoms with E-state index in [9.17, 15) is 14.7 Å². The molecule has 0 spiro atoms. The van der Waals surface area contributed by atoms with Crippen LogP contribution in [0.5, 0.6) is 0 Å². The number of likely N-dealkylation sites (tertiary alicyclic amines) is 1. The summed E-state index contributed by atoms with van der Waals surface area (Å²) >= 11 is 0. The van der Waals surface area contributed by atoms with Gasteiger partial charge in [-0.1, -0.05) is 24.5 Å². The van der Waals surface area contributed by atoms with Gasteiger partial charge in [0.1, 0.15) is 5.69 Å². The number of hydrogen-bond acceptors (Lipinski definition) is 3. The van der Waals surface area contributed by atoms with Crippen LogP contribution in [0.25, 0.3) is 0 Å². The number of urea groups is 1. The number of carboxylic acid groups (broad SMARTS) is 1. The molecule has 1 aromatic heterocycles. The number of amides is 2. The molecule has 1 saturated carbocycles. The van der Waals surface area contributed by atoms with Crippen LogP contribution < -0.4 is 5.32 Å². The number of anilines is 1. The van der Waals surface area contributed by atoms with Crippen LogP contribution in [0.1, 0.15) is 30.5 Å². The van der Waals surface area contributed by atoms with Crippen LogP contribution in [0.3, 0.4) is 0 Å². The second kappa shape index (κ2) is 7.35. The van der Waals surface area contributed by atoms with Crippen molar-refractivity contribution in [2.75, 3.05) is 18.4 Å². The maximum atomic E-state index is 12.7. The summed E-state index contributed by atoms with van der Waals surface area (Å²) in [6.07, 6.45) is 4.13. The molecule has 0 radical (unpaired) electrons. The van der Waals surface area contributed by atoms with E-state index in [1.54, 1.807) is 23.2 Å². The first kappa shape index (κ1) is 18.1. The van der Waals surface area contributed by atoms with Crippen molar-refractivity contribution in [1.29, 1.82) is 0 Å². The van der Waals surface area contributed by atoms with Crippen molar-refractivity contribution < 1.29 is 14.7 Å². The number of carbonyl (C=O) groups is 2. The Bertz CT molecular complexity index is 964. The first-order valence-corrected chi connectivity index (χ1v) is 9.39. The van der Waals surface area contributed by atoms with E-state index in [0.29, 0.717) is 24.3 Å². The highest BCUT2D eigenvalue weighted by atomic mass is 16.4. The van der Waals surface area contributed by atoms with Crippen LogP contribution in [0.2, 0.25) is 0 Å². The maximum absolute atomic E-state index is 12.7. The van der Waals surface area contributed by atoms with Gasteiger partial charge in [0.25, 0.3) is 0 Å². The summed E-state index contributed by atoms with van der Waals surface area (Å²) in [7, 11) is 0. The molecule has 1 aromatic carbocycles. The molecule has 2 aromatic rings. The summed E-state index contributed by atoms with van der Waals surface area (Å²) in [5.74, 6) is 5.30. The van der Waals surface area contributed by atoms with Gasteiger partial charge in [-0.25, -0.2) is 9.78 Å². The second-order valence-corrected chi connectivity index (χ2v) is 7.41. The molecule has 0 bridgehead atoms. The van der Waals surface area contributed by atoms with Gasteiger partial charge >= 0.3 is 12.0 Å². The Hall–Kier alpha value is -3.33. The van der Waals surface area contributed by atoms with Gasteiger partial charge in [-0.3, -0.25) is 4.79 Å². The van der Waals surface area contributed by atoms with E-state index in [2.05, 4.69) is 22.1 Å². The fraction of sp³-hybridized carbons (Fsp3) is 0.318. The van der Waals surface area contributed by atoms with Crippen molar-refractivity contribution in [2.24, 2.45) is 11.3 Å². The highest BCUT2D eigenvalue weighted by Gasteiger charge is 2.55. The normalized spacial score (nSPS) is 22.9. The van der Waals surface area contributed by atoms with Gasteiger partial charge in [0, 0.05) is 30.5 Å². The predicted molar refractivity (Wildman–Crippen MR) is 105 cm³/mol. The standard InChI is InChI=1S/C22H21N3O3/c26-20(27)22-11-4-6-17(22)14-25(15-22)21(28)24-19-8-3-5-16(13-19)9-10-18-7-1-2-12-23-18/h1-3,5,7-8,12-13,17H,4,6,11,14-15H2,(H,24,28)(H,26,27)/t17-,22+/m0/s1. The minimum atomic E-state index is -0.780. The highest BCUT2D eigenvalue weighted by molar-refractivity contribution is 5.90. The number of pyridine rings is 1. The van der Waals surface area contributed by atoms with E-state index >= 15 is 0 Å². The van der Waals surface area contributed by atoms with Crippen molar-refractivity contribution in [3.05, 3.63) is 59.9 Å². The average Bonchev–Trinajstić information content (AvgIpc) is 3.26. The van der Waals surface area contributed by atoms with Crippen molar-refractivity contribution >= 4 is 17.7 Å². The summed E-state index contributed by atoms with van der Waals surface area (Å²) in [6.45, 7) is 0.773. The molecule has 4 rings (SSSR count). The summed E-state index contributed by atoms with van der Waals surface area (Å²) in [5.41, 5.74) is 1.32. The SMILES string of the molecule is O=C(Nc1cccc(C#Cc2ccccn2)c1)N1C[C@@H]2CCC[C@@]2(C(=O)O)C1. The van der Waals surface area contributed by atoms with Gasteiger partial charge in [-0.05, 0) is 55.0 Å². The average molecular weight is 375 g/mol. The molecule has 6 nitrogen and oxygen atoms in total. The van der Waals surface area contributed by atoms with Crippen LogP contribution in [-0.2, 0) is 4.79 Å². The molecule has 2 heterocycles. The van der Waals surface area contributed by atoms with Crippen LogP contribution >= 0.6 is 0 Å². The molecular weight excluding hydrogens is 354 g/mol. The molecule has 1 aliphatic heterocycles. The van der Waals surface area contributed by atoms with Gasteiger partial charge in [0.15, 0.2) is 0 Å². The molecule has 2 amide bonds. The summed E-state index contributed by atoms with van der Waals surface area (Å²) in [6, 6.07) is 12.6. The van der Waals surface area contributed by atoms with Gasteiger partial charge in [-0.2, -0.15) is 0 Å². The number of carboxylic acids is 1. The number of benzene rings is 1. The third-order valence-corrected chi connectivity index (χ3v) is 5.70. The minimum Gasteiger partial charge on any atom is -0.481 e. The maximum Gasteiger partial charge on any atom is 0.321 e. The lowest BCUT2D eigenvalue weighted by Crippen LogP contribution is -2.38. The zero-order valence-electron chi connectivity index (χ0n) is 15.4. The molecule has 1 aliphatic carbocycles. The second-order valence-electron chi connectivity index (χ2n) is 7.41. The Morgan fingerprint density at radius 2 is 2.11 bits per heavy atom. The Labute approximate surface area is 163 Å².